The van der Waals surface area contributed by atoms with E-state index in [1.165, 1.54) is 5.56 Å². The number of aromatic nitrogens is 2. The molecule has 0 aliphatic carbocycles. The summed E-state index contributed by atoms with van der Waals surface area (Å²) in [5.74, 6) is 1.91. The van der Waals surface area contributed by atoms with E-state index in [4.69, 9.17) is 9.26 Å². The van der Waals surface area contributed by atoms with E-state index in [1.807, 2.05) is 23.1 Å². The van der Waals surface area contributed by atoms with Gasteiger partial charge in [0.25, 0.3) is 0 Å². The van der Waals surface area contributed by atoms with Crippen LogP contribution in [-0.2, 0) is 19.3 Å². The molecule has 2 heterocycles. The summed E-state index contributed by atoms with van der Waals surface area (Å²) in [4.78, 5) is 6.36. The van der Waals surface area contributed by atoms with E-state index in [2.05, 4.69) is 46.6 Å². The van der Waals surface area contributed by atoms with Gasteiger partial charge in [-0.05, 0) is 42.5 Å². The van der Waals surface area contributed by atoms with Gasteiger partial charge in [-0.1, -0.05) is 42.8 Å². The summed E-state index contributed by atoms with van der Waals surface area (Å²) in [6.45, 7) is 3.35. The summed E-state index contributed by atoms with van der Waals surface area (Å²) in [6.07, 6.45) is 0.929. The van der Waals surface area contributed by atoms with Crippen LogP contribution in [0.2, 0.25) is 0 Å². The van der Waals surface area contributed by atoms with Crippen LogP contribution in [0.3, 0.4) is 0 Å². The van der Waals surface area contributed by atoms with Crippen LogP contribution in [-0.4, -0.2) is 93.2 Å². The highest BCUT2D eigenvalue weighted by molar-refractivity contribution is 5.65. The van der Waals surface area contributed by atoms with Crippen LogP contribution in [0.5, 0.6) is 5.75 Å². The molecule has 0 unspecified atom stereocenters. The van der Waals surface area contributed by atoms with Gasteiger partial charge in [-0.15, -0.1) is 0 Å². The Morgan fingerprint density at radius 1 is 1.03 bits per heavy atom. The molecule has 39 heavy (non-hydrogen) atoms. The number of hydrogen-bond acceptors (Lipinski definition) is 10. The third-order valence-electron chi connectivity index (χ3n) is 7.28. The predicted octanol–water partition coefficient (Wildman–Crippen LogP) is 2.04. The van der Waals surface area contributed by atoms with E-state index in [0.717, 1.165) is 49.0 Å². The van der Waals surface area contributed by atoms with E-state index < -0.39 is 24.4 Å². The average molecular weight is 541 g/mol. The first-order valence-electron chi connectivity index (χ1n) is 13.6. The predicted molar refractivity (Wildman–Crippen MR) is 148 cm³/mol. The van der Waals surface area contributed by atoms with Crippen molar-refractivity contribution in [3.05, 3.63) is 59.5 Å². The summed E-state index contributed by atoms with van der Waals surface area (Å²) < 4.78 is 10.9. The zero-order chi connectivity index (χ0) is 27.8. The van der Waals surface area contributed by atoms with Gasteiger partial charge in [0, 0.05) is 43.4 Å². The van der Waals surface area contributed by atoms with E-state index in [1.54, 1.807) is 7.11 Å². The van der Waals surface area contributed by atoms with E-state index in [0.29, 0.717) is 30.4 Å². The smallest absolute Gasteiger partial charge is 0.226 e. The number of nitrogens with one attached hydrogen (secondary N) is 1. The molecule has 0 spiro atoms. The van der Waals surface area contributed by atoms with Crippen LogP contribution >= 0.6 is 0 Å². The molecule has 1 aromatic heterocycles. The average Bonchev–Trinajstić information content (AvgIpc) is 3.43. The number of unbranched alkanes of at least 4 members (excludes halogenated alkanes) is 1. The number of hydrogen-bond donors (Lipinski definition) is 5. The first kappa shape index (κ1) is 29.0. The third-order valence-corrected chi connectivity index (χ3v) is 7.28. The number of aryl methyl sites for hydroxylation is 1. The zero-order valence-electron chi connectivity index (χ0n) is 22.7. The zero-order valence-corrected chi connectivity index (χ0v) is 22.7. The first-order valence-corrected chi connectivity index (χ1v) is 13.6. The van der Waals surface area contributed by atoms with E-state index in [9.17, 15) is 20.4 Å². The highest BCUT2D eigenvalue weighted by Gasteiger charge is 2.40. The molecule has 212 valence electrons. The maximum Gasteiger partial charge on any atom is 0.226 e. The lowest BCUT2D eigenvalue weighted by molar-refractivity contribution is -0.144. The number of β-amino-alcohol motifs (C(OH)–C–C–N with tert-alkyl or cyclic N) is 1. The Morgan fingerprint density at radius 2 is 1.77 bits per heavy atom. The Bertz CT molecular complexity index is 1170. The van der Waals surface area contributed by atoms with Crippen LogP contribution in [0.25, 0.3) is 11.4 Å². The number of ether oxygens (including phenoxy) is 1. The number of nitrogens with zero attached hydrogens (tertiary/aromatic N) is 3. The molecule has 10 heteroatoms. The summed E-state index contributed by atoms with van der Waals surface area (Å²) in [5.41, 5.74) is 4.05. The fourth-order valence-corrected chi connectivity index (χ4v) is 4.88. The molecular formula is C29H40N4O6. The van der Waals surface area contributed by atoms with Crippen LogP contribution in [0.15, 0.2) is 47.0 Å². The fraction of sp³-hybridized carbons (Fsp3) is 0.517. The first-order chi connectivity index (χ1) is 18.9. The van der Waals surface area contributed by atoms with Crippen molar-refractivity contribution < 1.29 is 29.7 Å². The van der Waals surface area contributed by atoms with Crippen molar-refractivity contribution in [3.63, 3.8) is 0 Å². The number of methoxy groups -OCH3 is 1. The Kier molecular flexibility index (Phi) is 10.3. The Morgan fingerprint density at radius 3 is 2.46 bits per heavy atom. The maximum absolute atomic E-state index is 10.2. The Balaban J connectivity index is 1.30. The van der Waals surface area contributed by atoms with Crippen molar-refractivity contribution in [3.8, 4) is 17.1 Å². The maximum atomic E-state index is 10.2. The van der Waals surface area contributed by atoms with Crippen molar-refractivity contribution in [1.29, 1.82) is 0 Å². The minimum Gasteiger partial charge on any atom is -0.497 e. The highest BCUT2D eigenvalue weighted by Crippen LogP contribution is 2.27. The highest BCUT2D eigenvalue weighted by atomic mass is 16.5. The summed E-state index contributed by atoms with van der Waals surface area (Å²) in [6, 6.07) is 13.6. The molecular weight excluding hydrogens is 500 g/mol. The Hall–Kier alpha value is -3.02. The van der Waals surface area contributed by atoms with Gasteiger partial charge in [-0.2, -0.15) is 4.98 Å². The minimum atomic E-state index is -1.24. The number of likely N-dealkylation sites (tertiary alicyclic amines) is 1. The van der Waals surface area contributed by atoms with Crippen molar-refractivity contribution in [2.75, 3.05) is 38.7 Å². The molecule has 4 atom stereocenters. The molecule has 1 fully saturated rings. The van der Waals surface area contributed by atoms with Gasteiger partial charge in [0.1, 0.15) is 18.0 Å². The molecule has 5 N–H and O–H groups in total. The molecule has 0 radical (unpaired) electrons. The van der Waals surface area contributed by atoms with Gasteiger partial charge in [-0.3, -0.25) is 4.90 Å². The minimum absolute atomic E-state index is 0.214. The van der Waals surface area contributed by atoms with Crippen LogP contribution in [0.4, 0.5) is 5.69 Å². The molecule has 4 rings (SSSR count). The lowest BCUT2D eigenvalue weighted by atomic mass is 9.93. The molecule has 2 aromatic carbocycles. The van der Waals surface area contributed by atoms with Crippen molar-refractivity contribution >= 4 is 5.69 Å². The second-order valence-electron chi connectivity index (χ2n) is 10.1. The molecule has 0 amide bonds. The molecule has 0 bridgehead atoms. The summed E-state index contributed by atoms with van der Waals surface area (Å²) >= 11 is 0. The molecule has 0 saturated carbocycles. The van der Waals surface area contributed by atoms with Crippen LogP contribution < -0.4 is 10.1 Å². The summed E-state index contributed by atoms with van der Waals surface area (Å²) in [7, 11) is 1.64. The van der Waals surface area contributed by atoms with Crippen LogP contribution in [0.1, 0.15) is 36.8 Å². The second-order valence-corrected chi connectivity index (χ2v) is 10.1. The summed E-state index contributed by atoms with van der Waals surface area (Å²) in [5, 5.41) is 47.3. The second kappa shape index (κ2) is 13.9. The van der Waals surface area contributed by atoms with Gasteiger partial charge in [0.05, 0.1) is 25.9 Å². The molecule has 1 aliphatic rings. The molecule has 1 aliphatic heterocycles. The lowest BCUT2D eigenvalue weighted by Crippen LogP contribution is -2.62. The third kappa shape index (κ3) is 7.55. The van der Waals surface area contributed by atoms with Crippen molar-refractivity contribution in [2.24, 2.45) is 0 Å². The SMILES string of the molecule is CCCCc1nc(-c2cc(NCCc3ccc(CCN4C[C@H](O)[C@@H](O)[C@H](O)[C@H]4CO)cc3)cc(OC)c2)no1. The van der Waals surface area contributed by atoms with Crippen molar-refractivity contribution in [2.45, 2.75) is 63.4 Å². The topological polar surface area (TPSA) is 144 Å². The van der Waals surface area contributed by atoms with Crippen LogP contribution in [0, 0.1) is 0 Å². The fourth-order valence-electron chi connectivity index (χ4n) is 4.88. The molecule has 1 saturated heterocycles. The van der Waals surface area contributed by atoms with Crippen molar-refractivity contribution in [1.82, 2.24) is 15.0 Å². The quantitative estimate of drug-likeness (QED) is 0.218. The van der Waals surface area contributed by atoms with E-state index >= 15 is 0 Å². The normalized spacial score (nSPS) is 21.7. The standard InChI is InChI=1S/C29H40N4O6/c1-3-4-5-26-31-29(32-39-26)21-14-22(16-23(15-21)38-2)30-12-10-19-6-8-20(9-7-19)11-13-33-17-25(35)28(37)27(36)24(33)18-34/h6-9,14-16,24-25,27-28,30,34-37H,3-5,10-13,17-18H2,1-2H3/t24-,25+,27-,28-/m1/s1. The van der Waals surface area contributed by atoms with E-state index in [-0.39, 0.29) is 13.2 Å². The Labute approximate surface area is 229 Å². The number of rotatable bonds is 13. The molecule has 3 aromatic rings. The number of benzene rings is 2. The lowest BCUT2D eigenvalue weighted by Gasteiger charge is -2.43. The van der Waals surface area contributed by atoms with Gasteiger partial charge in [0.2, 0.25) is 11.7 Å². The largest absolute Gasteiger partial charge is 0.497 e. The monoisotopic (exact) mass is 540 g/mol. The van der Waals surface area contributed by atoms with Gasteiger partial charge >= 0.3 is 0 Å². The van der Waals surface area contributed by atoms with Gasteiger partial charge in [-0.25, -0.2) is 0 Å². The number of anilines is 1. The number of piperidine rings is 1. The number of aliphatic hydroxyl groups is 4. The van der Waals surface area contributed by atoms with Gasteiger partial charge in [0.15, 0.2) is 0 Å². The molecule has 10 nitrogen and oxygen atoms in total. The number of aliphatic hydroxyl groups excluding tert-OH is 4. The van der Waals surface area contributed by atoms with Gasteiger partial charge < -0.3 is 35.0 Å².